The van der Waals surface area contributed by atoms with Crippen molar-refractivity contribution in [2.24, 2.45) is 0 Å². The van der Waals surface area contributed by atoms with Gasteiger partial charge in [-0.1, -0.05) is 0 Å². The summed E-state index contributed by atoms with van der Waals surface area (Å²) in [7, 11) is 1.56. The van der Waals surface area contributed by atoms with Crippen LogP contribution in [0.4, 0.5) is 11.6 Å². The molecule has 0 aliphatic carbocycles. The Morgan fingerprint density at radius 1 is 1.17 bits per heavy atom. The number of aromatic amines is 2. The second kappa shape index (κ2) is 7.59. The predicted molar refractivity (Wildman–Crippen MR) is 110 cm³/mol. The molecule has 0 unspecified atom stereocenters. The van der Waals surface area contributed by atoms with Crippen molar-refractivity contribution >= 4 is 50.1 Å². The number of hydrogen-bond acceptors (Lipinski definition) is 9. The van der Waals surface area contributed by atoms with E-state index in [1.807, 2.05) is 0 Å². The van der Waals surface area contributed by atoms with Crippen LogP contribution in [-0.4, -0.2) is 38.1 Å². The van der Waals surface area contributed by atoms with Crippen molar-refractivity contribution in [1.29, 1.82) is 0 Å². The second-order valence-corrected chi connectivity index (χ2v) is 6.83. The first kappa shape index (κ1) is 19.8. The first-order valence-corrected chi connectivity index (χ1v) is 8.88. The number of carbonyl (C=O) groups is 1. The number of nitrogen functional groups attached to an aromatic ring is 2. The molecule has 150 valence electrons. The van der Waals surface area contributed by atoms with Crippen molar-refractivity contribution < 1.29 is 14.6 Å². The van der Waals surface area contributed by atoms with E-state index in [4.69, 9.17) is 21.3 Å². The van der Waals surface area contributed by atoms with Crippen molar-refractivity contribution in [3.63, 3.8) is 0 Å². The highest BCUT2D eigenvalue weighted by Gasteiger charge is 2.17. The largest absolute Gasteiger partial charge is 0.497 e. The van der Waals surface area contributed by atoms with Crippen LogP contribution in [0.25, 0.3) is 21.1 Å². The lowest BCUT2D eigenvalue weighted by Gasteiger charge is -2.02. The summed E-state index contributed by atoms with van der Waals surface area (Å²) in [6, 6.07) is 5.22. The zero-order valence-corrected chi connectivity index (χ0v) is 16.1. The summed E-state index contributed by atoms with van der Waals surface area (Å²) in [5.41, 5.74) is 11.3. The van der Waals surface area contributed by atoms with Gasteiger partial charge in [-0.25, -0.2) is 14.4 Å². The number of nitrogens with two attached hydrogens (primary N) is 2. The third kappa shape index (κ3) is 3.87. The van der Waals surface area contributed by atoms with E-state index in [0.717, 1.165) is 11.3 Å². The van der Waals surface area contributed by atoms with Gasteiger partial charge >= 0.3 is 17.3 Å². The molecule has 0 fully saturated rings. The number of aryl methyl sites for hydroxylation is 1. The Bertz CT molecular complexity index is 1360. The summed E-state index contributed by atoms with van der Waals surface area (Å²) in [5, 5.41) is 10.1. The Morgan fingerprint density at radius 3 is 2.52 bits per heavy atom. The standard InChI is InChI=1S/C9H9N3O2.C8H7N3O3S/c1-14-5-2-3-6-7(4-5)11-9(13)12-8(6)10;1-2-3-5(9)10-8(14)11-6(3)15-4(2)7(12)13/h2-4H,1H3,(H3,10,11,12,13);1H3,(H,12,13)(H3,9,10,11,14). The minimum Gasteiger partial charge on any atom is -0.497 e. The topological polar surface area (TPSA) is 190 Å². The minimum atomic E-state index is -1.04. The third-order valence-electron chi connectivity index (χ3n) is 4.00. The average molecular weight is 416 g/mol. The quantitative estimate of drug-likeness (QED) is 0.318. The first-order chi connectivity index (χ1) is 13.7. The Balaban J connectivity index is 0.000000166. The average Bonchev–Trinajstić information content (AvgIpc) is 2.98. The smallest absolute Gasteiger partial charge is 0.347 e. The molecule has 11 nitrogen and oxygen atoms in total. The number of nitrogens with one attached hydrogen (secondary N) is 2. The molecule has 0 spiro atoms. The highest BCUT2D eigenvalue weighted by atomic mass is 32.1. The van der Waals surface area contributed by atoms with Crippen molar-refractivity contribution in [3.8, 4) is 5.75 Å². The normalized spacial score (nSPS) is 10.6. The predicted octanol–water partition coefficient (Wildman–Crippen LogP) is 1.09. The van der Waals surface area contributed by atoms with Gasteiger partial charge in [-0.2, -0.15) is 9.97 Å². The zero-order valence-electron chi connectivity index (χ0n) is 15.3. The van der Waals surface area contributed by atoms with Crippen LogP contribution >= 0.6 is 11.3 Å². The molecule has 3 aromatic heterocycles. The number of rotatable bonds is 2. The maximum atomic E-state index is 11.0. The number of aromatic nitrogens is 4. The molecule has 12 heteroatoms. The number of carboxylic acids is 1. The van der Waals surface area contributed by atoms with E-state index < -0.39 is 17.3 Å². The van der Waals surface area contributed by atoms with Crippen LogP contribution in [0.2, 0.25) is 0 Å². The van der Waals surface area contributed by atoms with E-state index in [-0.39, 0.29) is 16.5 Å². The monoisotopic (exact) mass is 416 g/mol. The first-order valence-electron chi connectivity index (χ1n) is 8.07. The van der Waals surface area contributed by atoms with Crippen LogP contribution in [0.3, 0.4) is 0 Å². The number of aromatic carboxylic acids is 1. The molecule has 7 N–H and O–H groups in total. The van der Waals surface area contributed by atoms with E-state index in [0.29, 0.717) is 32.4 Å². The molecule has 3 heterocycles. The van der Waals surface area contributed by atoms with Crippen LogP contribution < -0.4 is 27.6 Å². The van der Waals surface area contributed by atoms with Crippen molar-refractivity contribution in [3.05, 3.63) is 49.6 Å². The number of methoxy groups -OCH3 is 1. The number of H-pyrrole nitrogens is 2. The number of ether oxygens (including phenoxy) is 1. The van der Waals surface area contributed by atoms with Gasteiger partial charge in [-0.3, -0.25) is 4.98 Å². The van der Waals surface area contributed by atoms with Gasteiger partial charge in [0.2, 0.25) is 0 Å². The van der Waals surface area contributed by atoms with E-state index in [2.05, 4.69) is 19.9 Å². The highest BCUT2D eigenvalue weighted by Crippen LogP contribution is 2.31. The third-order valence-corrected chi connectivity index (χ3v) is 5.18. The van der Waals surface area contributed by atoms with Crippen molar-refractivity contribution in [1.82, 2.24) is 19.9 Å². The molecule has 0 saturated heterocycles. The fraction of sp³-hybridized carbons (Fsp3) is 0.118. The number of nitrogens with zero attached hydrogens (tertiary/aromatic N) is 2. The number of anilines is 2. The fourth-order valence-electron chi connectivity index (χ4n) is 2.69. The molecule has 4 aromatic rings. The Labute approximate surface area is 166 Å². The summed E-state index contributed by atoms with van der Waals surface area (Å²) in [4.78, 5) is 45.5. The maximum absolute atomic E-state index is 11.0. The van der Waals surface area contributed by atoms with Gasteiger partial charge in [-0.15, -0.1) is 11.3 Å². The number of thiophene rings is 1. The van der Waals surface area contributed by atoms with Gasteiger partial charge in [0, 0.05) is 11.5 Å². The molecule has 0 radical (unpaired) electrons. The van der Waals surface area contributed by atoms with E-state index in [9.17, 15) is 14.4 Å². The Kier molecular flexibility index (Phi) is 5.19. The van der Waals surface area contributed by atoms with Gasteiger partial charge in [0.15, 0.2) is 0 Å². The Morgan fingerprint density at radius 2 is 1.86 bits per heavy atom. The molecule has 1 aromatic carbocycles. The molecule has 4 rings (SSSR count). The summed E-state index contributed by atoms with van der Waals surface area (Å²) < 4.78 is 5.02. The number of hydrogen-bond donors (Lipinski definition) is 5. The highest BCUT2D eigenvalue weighted by molar-refractivity contribution is 7.20. The number of fused-ring (bicyclic) bond motifs is 2. The summed E-state index contributed by atoms with van der Waals surface area (Å²) in [6.45, 7) is 1.64. The van der Waals surface area contributed by atoms with E-state index in [1.165, 1.54) is 0 Å². The van der Waals surface area contributed by atoms with Gasteiger partial charge in [-0.05, 0) is 24.6 Å². The van der Waals surface area contributed by atoms with Gasteiger partial charge < -0.3 is 26.3 Å². The molecule has 0 aliphatic rings. The fourth-order valence-corrected chi connectivity index (χ4v) is 3.72. The molecule has 0 atom stereocenters. The lowest BCUT2D eigenvalue weighted by atomic mass is 10.2. The van der Waals surface area contributed by atoms with Crippen molar-refractivity contribution in [2.75, 3.05) is 18.6 Å². The number of benzene rings is 1. The van der Waals surface area contributed by atoms with Gasteiger partial charge in [0.25, 0.3) is 0 Å². The van der Waals surface area contributed by atoms with E-state index >= 15 is 0 Å². The molecule has 0 saturated carbocycles. The number of carboxylic acid groups (broad SMARTS) is 1. The lowest BCUT2D eigenvalue weighted by Crippen LogP contribution is -2.12. The molecule has 29 heavy (non-hydrogen) atoms. The Hall–Kier alpha value is -3.93. The summed E-state index contributed by atoms with van der Waals surface area (Å²) >= 11 is 0.950. The van der Waals surface area contributed by atoms with Crippen LogP contribution in [0.5, 0.6) is 5.75 Å². The van der Waals surface area contributed by atoms with Gasteiger partial charge in [0.05, 0.1) is 18.0 Å². The minimum absolute atomic E-state index is 0.156. The molecule has 0 amide bonds. The SMILES string of the molecule is COc1ccc2c(N)nc(=O)[nH]c2c1.Cc1c(C(=O)O)sc2nc(=O)[nH]c(N)c12. The lowest BCUT2D eigenvalue weighted by molar-refractivity contribution is 0.0701. The van der Waals surface area contributed by atoms with Crippen LogP contribution in [0, 0.1) is 6.92 Å². The molecule has 0 aliphatic heterocycles. The zero-order chi connectivity index (χ0) is 21.3. The molecular weight excluding hydrogens is 400 g/mol. The van der Waals surface area contributed by atoms with Crippen LogP contribution in [0.1, 0.15) is 15.2 Å². The van der Waals surface area contributed by atoms with E-state index in [1.54, 1.807) is 32.2 Å². The van der Waals surface area contributed by atoms with Crippen molar-refractivity contribution in [2.45, 2.75) is 6.92 Å². The molecule has 0 bridgehead atoms. The maximum Gasteiger partial charge on any atom is 0.347 e. The second-order valence-electron chi connectivity index (χ2n) is 5.84. The van der Waals surface area contributed by atoms with Crippen LogP contribution in [0.15, 0.2) is 27.8 Å². The van der Waals surface area contributed by atoms with Gasteiger partial charge in [0.1, 0.15) is 27.1 Å². The summed E-state index contributed by atoms with van der Waals surface area (Å²) in [5.74, 6) is 0.0127. The summed E-state index contributed by atoms with van der Waals surface area (Å²) in [6.07, 6.45) is 0. The molecular formula is C17H16N6O5S. The van der Waals surface area contributed by atoms with Crippen LogP contribution in [-0.2, 0) is 0 Å².